The van der Waals surface area contributed by atoms with Crippen LogP contribution in [0.5, 0.6) is 0 Å². The maximum atomic E-state index is 10.6. The van der Waals surface area contributed by atoms with E-state index in [1.54, 1.807) is 18.5 Å². The average Bonchev–Trinajstić information content (AvgIpc) is 2.87. The molecule has 9 heteroatoms. The minimum atomic E-state index is -0.340. The van der Waals surface area contributed by atoms with Gasteiger partial charge in [0.15, 0.2) is 0 Å². The van der Waals surface area contributed by atoms with Crippen LogP contribution < -0.4 is 11.1 Å². The molecule has 1 amide bonds. The Balaban J connectivity index is 2.03. The van der Waals surface area contributed by atoms with Gasteiger partial charge < -0.3 is 11.1 Å². The van der Waals surface area contributed by atoms with Gasteiger partial charge in [0.1, 0.15) is 0 Å². The number of hydrogen-bond acceptors (Lipinski definition) is 6. The second-order valence-corrected chi connectivity index (χ2v) is 4.01. The number of anilines is 1. The molecule has 0 saturated carbocycles. The Hall–Kier alpha value is -2.22. The normalized spacial score (nSPS) is 10.4. The lowest BCUT2D eigenvalue weighted by Crippen LogP contribution is -2.14. The van der Waals surface area contributed by atoms with Gasteiger partial charge in [0.25, 0.3) is 5.95 Å². The first-order valence-corrected chi connectivity index (χ1v) is 5.97. The highest BCUT2D eigenvalue weighted by atomic mass is 35.5. The van der Waals surface area contributed by atoms with E-state index in [9.17, 15) is 4.79 Å². The second kappa shape index (κ2) is 6.10. The standard InChI is InChI=1S/C10H12ClN7O/c11-8-15-9(13-4-1-3-7(12)19)17-10(16-8)18-6-2-5-14-18/h2,5-6H,1,3-4H2,(H2,12,19)(H,13,15,16,17). The van der Waals surface area contributed by atoms with Crippen LogP contribution >= 0.6 is 11.6 Å². The summed E-state index contributed by atoms with van der Waals surface area (Å²) in [6.45, 7) is 0.516. The molecule has 0 spiro atoms. The Kier molecular flexibility index (Phi) is 4.24. The molecule has 0 atom stereocenters. The van der Waals surface area contributed by atoms with Crippen LogP contribution in [0.1, 0.15) is 12.8 Å². The fraction of sp³-hybridized carbons (Fsp3) is 0.300. The number of carbonyl (C=O) groups is 1. The highest BCUT2D eigenvalue weighted by Gasteiger charge is 2.06. The molecule has 0 bridgehead atoms. The zero-order valence-corrected chi connectivity index (χ0v) is 10.7. The molecule has 2 aromatic rings. The van der Waals surface area contributed by atoms with Crippen molar-refractivity contribution in [1.82, 2.24) is 24.7 Å². The van der Waals surface area contributed by atoms with Gasteiger partial charge in [0.2, 0.25) is 17.1 Å². The Bertz CT molecular complexity index is 557. The van der Waals surface area contributed by atoms with Crippen LogP contribution in [0.4, 0.5) is 5.95 Å². The van der Waals surface area contributed by atoms with E-state index >= 15 is 0 Å². The highest BCUT2D eigenvalue weighted by molar-refractivity contribution is 6.28. The van der Waals surface area contributed by atoms with E-state index in [0.717, 1.165) is 0 Å². The maximum absolute atomic E-state index is 10.6. The number of carbonyl (C=O) groups excluding carboxylic acids is 1. The number of hydrogen-bond donors (Lipinski definition) is 2. The van der Waals surface area contributed by atoms with Crippen LogP contribution in [-0.4, -0.2) is 37.2 Å². The van der Waals surface area contributed by atoms with Gasteiger partial charge in [-0.05, 0) is 24.1 Å². The SMILES string of the molecule is NC(=O)CCCNc1nc(Cl)nc(-n2cccn2)n1. The van der Waals surface area contributed by atoms with Crippen molar-refractivity contribution in [3.8, 4) is 5.95 Å². The van der Waals surface area contributed by atoms with Crippen LogP contribution in [-0.2, 0) is 4.79 Å². The van der Waals surface area contributed by atoms with E-state index in [-0.39, 0.29) is 11.2 Å². The van der Waals surface area contributed by atoms with Crippen molar-refractivity contribution in [3.63, 3.8) is 0 Å². The first kappa shape index (κ1) is 13.2. The Morgan fingerprint density at radius 2 is 2.26 bits per heavy atom. The molecule has 100 valence electrons. The van der Waals surface area contributed by atoms with Crippen LogP contribution in [0.25, 0.3) is 5.95 Å². The molecule has 0 radical (unpaired) electrons. The number of aromatic nitrogens is 5. The molecule has 2 heterocycles. The van der Waals surface area contributed by atoms with Crippen molar-refractivity contribution < 1.29 is 4.79 Å². The predicted molar refractivity (Wildman–Crippen MR) is 68.9 cm³/mol. The summed E-state index contributed by atoms with van der Waals surface area (Å²) in [5.74, 6) is 0.310. The molecule has 2 rings (SSSR count). The lowest BCUT2D eigenvalue weighted by molar-refractivity contribution is -0.118. The predicted octanol–water partition coefficient (Wildman–Crippen LogP) is 0.388. The van der Waals surface area contributed by atoms with Crippen LogP contribution in [0.2, 0.25) is 5.28 Å². The van der Waals surface area contributed by atoms with Gasteiger partial charge in [-0.15, -0.1) is 0 Å². The van der Waals surface area contributed by atoms with Gasteiger partial charge in [-0.1, -0.05) is 0 Å². The fourth-order valence-corrected chi connectivity index (χ4v) is 1.53. The summed E-state index contributed by atoms with van der Waals surface area (Å²) in [7, 11) is 0. The second-order valence-electron chi connectivity index (χ2n) is 3.68. The smallest absolute Gasteiger partial charge is 0.256 e. The van der Waals surface area contributed by atoms with Crippen molar-refractivity contribution in [2.75, 3.05) is 11.9 Å². The maximum Gasteiger partial charge on any atom is 0.256 e. The summed E-state index contributed by atoms with van der Waals surface area (Å²) in [6.07, 6.45) is 4.20. The number of nitrogens with two attached hydrogens (primary N) is 1. The zero-order chi connectivity index (χ0) is 13.7. The first-order chi connectivity index (χ1) is 9.15. The molecular formula is C10H12ClN7O. The summed E-state index contributed by atoms with van der Waals surface area (Å²) in [5.41, 5.74) is 5.04. The lowest BCUT2D eigenvalue weighted by atomic mass is 10.3. The summed E-state index contributed by atoms with van der Waals surface area (Å²) in [4.78, 5) is 22.7. The monoisotopic (exact) mass is 281 g/mol. The Labute approximate surface area is 114 Å². The molecule has 0 fully saturated rings. The van der Waals surface area contributed by atoms with E-state index in [4.69, 9.17) is 17.3 Å². The minimum Gasteiger partial charge on any atom is -0.370 e. The number of nitrogens with zero attached hydrogens (tertiary/aromatic N) is 5. The molecule has 19 heavy (non-hydrogen) atoms. The summed E-state index contributed by atoms with van der Waals surface area (Å²) >= 11 is 5.81. The van der Waals surface area contributed by atoms with Crippen molar-refractivity contribution in [2.24, 2.45) is 5.73 Å². The molecular weight excluding hydrogens is 270 g/mol. The van der Waals surface area contributed by atoms with E-state index in [1.807, 2.05) is 0 Å². The third-order valence-corrected chi connectivity index (χ3v) is 2.36. The van der Waals surface area contributed by atoms with Crippen LogP contribution in [0, 0.1) is 0 Å². The summed E-state index contributed by atoms with van der Waals surface area (Å²) in [6, 6.07) is 1.75. The molecule has 8 nitrogen and oxygen atoms in total. The van der Waals surface area contributed by atoms with E-state index in [1.165, 1.54) is 4.68 Å². The number of halogens is 1. The van der Waals surface area contributed by atoms with Crippen LogP contribution in [0.15, 0.2) is 18.5 Å². The minimum absolute atomic E-state index is 0.0675. The number of rotatable bonds is 6. The van der Waals surface area contributed by atoms with Crippen LogP contribution in [0.3, 0.4) is 0 Å². The van der Waals surface area contributed by atoms with E-state index in [2.05, 4.69) is 25.4 Å². The van der Waals surface area contributed by atoms with Gasteiger partial charge in [0, 0.05) is 25.4 Å². The average molecular weight is 282 g/mol. The van der Waals surface area contributed by atoms with Gasteiger partial charge in [-0.3, -0.25) is 4.79 Å². The first-order valence-electron chi connectivity index (χ1n) is 5.59. The highest BCUT2D eigenvalue weighted by Crippen LogP contribution is 2.08. The van der Waals surface area contributed by atoms with Gasteiger partial charge >= 0.3 is 0 Å². The molecule has 0 saturated heterocycles. The molecule has 0 aliphatic heterocycles. The number of nitrogens with one attached hydrogen (secondary N) is 1. The molecule has 3 N–H and O–H groups in total. The van der Waals surface area contributed by atoms with E-state index < -0.39 is 0 Å². The number of primary amides is 1. The summed E-state index contributed by atoms with van der Waals surface area (Å²) in [5, 5.41) is 7.02. The lowest BCUT2D eigenvalue weighted by Gasteiger charge is -2.06. The van der Waals surface area contributed by atoms with Crippen molar-refractivity contribution in [1.29, 1.82) is 0 Å². The fourth-order valence-electron chi connectivity index (χ4n) is 1.37. The van der Waals surface area contributed by atoms with Gasteiger partial charge in [-0.2, -0.15) is 20.1 Å². The molecule has 2 aromatic heterocycles. The third-order valence-electron chi connectivity index (χ3n) is 2.19. The molecule has 0 aromatic carbocycles. The van der Waals surface area contributed by atoms with Gasteiger partial charge in [0.05, 0.1) is 0 Å². The molecule has 0 unspecified atom stereocenters. The van der Waals surface area contributed by atoms with Crippen molar-refractivity contribution in [2.45, 2.75) is 12.8 Å². The summed E-state index contributed by atoms with van der Waals surface area (Å²) < 4.78 is 1.47. The largest absolute Gasteiger partial charge is 0.370 e. The van der Waals surface area contributed by atoms with E-state index in [0.29, 0.717) is 31.3 Å². The topological polar surface area (TPSA) is 112 Å². The van der Waals surface area contributed by atoms with Gasteiger partial charge in [-0.25, -0.2) is 4.68 Å². The van der Waals surface area contributed by atoms with Crippen molar-refractivity contribution in [3.05, 3.63) is 23.7 Å². The Morgan fingerprint density at radius 1 is 1.42 bits per heavy atom. The molecule has 0 aliphatic carbocycles. The van der Waals surface area contributed by atoms with Crippen molar-refractivity contribution >= 4 is 23.5 Å². The quantitative estimate of drug-likeness (QED) is 0.741. The molecule has 0 aliphatic rings. The third kappa shape index (κ3) is 3.88. The Morgan fingerprint density at radius 3 is 2.95 bits per heavy atom. The zero-order valence-electron chi connectivity index (χ0n) is 9.95. The number of amides is 1.